The quantitative estimate of drug-likeness (QED) is 0.234. The van der Waals surface area contributed by atoms with Crippen LogP contribution in [0.2, 0.25) is 0 Å². The summed E-state index contributed by atoms with van der Waals surface area (Å²) in [6.45, 7) is -0.571. The number of hydrogen-bond donors (Lipinski definition) is 6. The Bertz CT molecular complexity index is 970. The molecule has 1 aliphatic heterocycles. The lowest BCUT2D eigenvalue weighted by molar-refractivity contribution is -0.277. The summed E-state index contributed by atoms with van der Waals surface area (Å²) in [4.78, 5) is 12.2. The maximum Gasteiger partial charge on any atom is 0.338 e. The van der Waals surface area contributed by atoms with E-state index in [1.54, 1.807) is 6.07 Å². The smallest absolute Gasteiger partial charge is 0.338 e. The fourth-order valence-corrected chi connectivity index (χ4v) is 3.14. The molecule has 0 radical (unpaired) electrons. The topological polar surface area (TPSA) is 185 Å². The zero-order valence-electron chi connectivity index (χ0n) is 17.6. The summed E-state index contributed by atoms with van der Waals surface area (Å²) >= 11 is 0. The molecule has 0 spiro atoms. The molecular weight excluding hydrogens is 444 g/mol. The SMILES string of the molecule is COc1ccc(OC2OC(COC(=O)c3cc(O)c(O)c(O)c3)C(O)C(O)C2O)cc1OC. The van der Waals surface area contributed by atoms with Crippen LogP contribution in [0, 0.1) is 0 Å². The number of hydrogen-bond acceptors (Lipinski definition) is 12. The molecule has 0 aliphatic carbocycles. The number of phenolic OH excluding ortho intramolecular Hbond substituents is 3. The number of aliphatic hydroxyl groups excluding tert-OH is 3. The van der Waals surface area contributed by atoms with Crippen molar-refractivity contribution in [2.45, 2.75) is 30.7 Å². The van der Waals surface area contributed by atoms with E-state index in [0.29, 0.717) is 11.5 Å². The molecule has 12 heteroatoms. The van der Waals surface area contributed by atoms with E-state index in [1.807, 2.05) is 0 Å². The van der Waals surface area contributed by atoms with Gasteiger partial charge >= 0.3 is 5.97 Å². The van der Waals surface area contributed by atoms with E-state index in [9.17, 15) is 35.4 Å². The maximum atomic E-state index is 12.2. The Morgan fingerprint density at radius 1 is 0.909 bits per heavy atom. The fourth-order valence-electron chi connectivity index (χ4n) is 3.14. The van der Waals surface area contributed by atoms with Gasteiger partial charge in [0.1, 0.15) is 36.8 Å². The van der Waals surface area contributed by atoms with Crippen LogP contribution in [0.25, 0.3) is 0 Å². The lowest BCUT2D eigenvalue weighted by Gasteiger charge is -2.39. The highest BCUT2D eigenvalue weighted by molar-refractivity contribution is 5.91. The van der Waals surface area contributed by atoms with Crippen LogP contribution in [0.15, 0.2) is 30.3 Å². The average Bonchev–Trinajstić information content (AvgIpc) is 2.81. The third kappa shape index (κ3) is 5.14. The number of rotatable bonds is 7. The van der Waals surface area contributed by atoms with Gasteiger partial charge in [-0.05, 0) is 24.3 Å². The van der Waals surface area contributed by atoms with Gasteiger partial charge < -0.3 is 54.3 Å². The second-order valence-corrected chi connectivity index (χ2v) is 7.11. The van der Waals surface area contributed by atoms with Gasteiger partial charge in [-0.1, -0.05) is 0 Å². The highest BCUT2D eigenvalue weighted by atomic mass is 16.7. The van der Waals surface area contributed by atoms with Crippen LogP contribution < -0.4 is 14.2 Å². The standard InChI is InChI=1S/C21H24O12/c1-29-13-4-3-10(7-14(13)30-2)32-21-19(27)18(26)17(25)15(33-21)8-31-20(28)9-5-11(22)16(24)12(23)6-9/h3-7,15,17-19,21-27H,8H2,1-2H3. The summed E-state index contributed by atoms with van der Waals surface area (Å²) < 4.78 is 26.4. The van der Waals surface area contributed by atoms with Crippen molar-refractivity contribution < 1.29 is 59.1 Å². The first-order chi connectivity index (χ1) is 15.7. The van der Waals surface area contributed by atoms with Crippen LogP contribution in [0.1, 0.15) is 10.4 Å². The van der Waals surface area contributed by atoms with Gasteiger partial charge in [0.05, 0.1) is 19.8 Å². The molecule has 5 atom stereocenters. The fraction of sp³-hybridized carbons (Fsp3) is 0.381. The van der Waals surface area contributed by atoms with Gasteiger partial charge in [-0.15, -0.1) is 0 Å². The van der Waals surface area contributed by atoms with Crippen molar-refractivity contribution in [1.29, 1.82) is 0 Å². The summed E-state index contributed by atoms with van der Waals surface area (Å²) in [6.07, 6.45) is -7.68. The van der Waals surface area contributed by atoms with Crippen LogP contribution in [-0.2, 0) is 9.47 Å². The van der Waals surface area contributed by atoms with Gasteiger partial charge in [-0.2, -0.15) is 0 Å². The summed E-state index contributed by atoms with van der Waals surface area (Å²) in [6, 6.07) is 6.27. The number of aromatic hydroxyl groups is 3. The number of phenols is 3. The molecule has 1 fully saturated rings. The van der Waals surface area contributed by atoms with Gasteiger partial charge in [0.15, 0.2) is 28.7 Å². The van der Waals surface area contributed by atoms with Crippen molar-refractivity contribution in [3.05, 3.63) is 35.9 Å². The van der Waals surface area contributed by atoms with Crippen molar-refractivity contribution in [2.75, 3.05) is 20.8 Å². The highest BCUT2D eigenvalue weighted by Crippen LogP contribution is 2.36. The second-order valence-electron chi connectivity index (χ2n) is 7.11. The van der Waals surface area contributed by atoms with Gasteiger partial charge in [-0.3, -0.25) is 0 Å². The number of benzene rings is 2. The van der Waals surface area contributed by atoms with E-state index in [1.165, 1.54) is 26.4 Å². The van der Waals surface area contributed by atoms with Crippen LogP contribution in [0.4, 0.5) is 0 Å². The molecule has 2 aromatic rings. The average molecular weight is 468 g/mol. The van der Waals surface area contributed by atoms with Crippen molar-refractivity contribution in [3.63, 3.8) is 0 Å². The third-order valence-corrected chi connectivity index (χ3v) is 4.96. The Balaban J connectivity index is 1.70. The summed E-state index contributed by atoms with van der Waals surface area (Å²) in [7, 11) is 2.88. The van der Waals surface area contributed by atoms with E-state index in [0.717, 1.165) is 12.1 Å². The van der Waals surface area contributed by atoms with Crippen LogP contribution in [-0.4, -0.2) is 88.1 Å². The molecule has 2 aromatic carbocycles. The van der Waals surface area contributed by atoms with Crippen LogP contribution >= 0.6 is 0 Å². The number of methoxy groups -OCH3 is 2. The molecule has 0 aromatic heterocycles. The lowest BCUT2D eigenvalue weighted by Crippen LogP contribution is -2.60. The molecule has 0 saturated carbocycles. The highest BCUT2D eigenvalue weighted by Gasteiger charge is 2.45. The number of esters is 1. The minimum absolute atomic E-state index is 0.200. The second kappa shape index (κ2) is 10.0. The first-order valence-electron chi connectivity index (χ1n) is 9.66. The molecule has 3 rings (SSSR count). The number of aliphatic hydroxyl groups is 3. The van der Waals surface area contributed by atoms with Crippen LogP contribution in [0.5, 0.6) is 34.5 Å². The molecule has 12 nitrogen and oxygen atoms in total. The maximum absolute atomic E-state index is 12.2. The number of carbonyl (C=O) groups excluding carboxylic acids is 1. The van der Waals surface area contributed by atoms with Gasteiger partial charge in [-0.25, -0.2) is 4.79 Å². The molecule has 0 bridgehead atoms. The minimum Gasteiger partial charge on any atom is -0.504 e. The summed E-state index contributed by atoms with van der Waals surface area (Å²) in [5.41, 5.74) is -0.285. The molecule has 1 aliphatic rings. The Hall–Kier alpha value is -3.45. The Morgan fingerprint density at radius 3 is 2.15 bits per heavy atom. The van der Waals surface area contributed by atoms with E-state index in [4.69, 9.17) is 23.7 Å². The molecule has 180 valence electrons. The van der Waals surface area contributed by atoms with Crippen molar-refractivity contribution in [2.24, 2.45) is 0 Å². The van der Waals surface area contributed by atoms with Crippen LogP contribution in [0.3, 0.4) is 0 Å². The summed E-state index contributed by atoms with van der Waals surface area (Å²) in [5, 5.41) is 59.1. The van der Waals surface area contributed by atoms with Crippen molar-refractivity contribution in [1.82, 2.24) is 0 Å². The van der Waals surface area contributed by atoms with E-state index in [-0.39, 0.29) is 11.3 Å². The Morgan fingerprint density at radius 2 is 1.55 bits per heavy atom. The molecule has 5 unspecified atom stereocenters. The van der Waals surface area contributed by atoms with E-state index < -0.39 is 60.5 Å². The van der Waals surface area contributed by atoms with Crippen molar-refractivity contribution >= 4 is 5.97 Å². The van der Waals surface area contributed by atoms with E-state index in [2.05, 4.69) is 0 Å². The molecule has 33 heavy (non-hydrogen) atoms. The predicted octanol–water partition coefficient (Wildman–Crippen LogP) is -0.136. The zero-order chi connectivity index (χ0) is 24.3. The normalized spacial score (nSPS) is 24.7. The van der Waals surface area contributed by atoms with Gasteiger partial charge in [0.2, 0.25) is 6.29 Å². The Kier molecular flexibility index (Phi) is 7.33. The lowest BCUT2D eigenvalue weighted by atomic mass is 9.99. The monoisotopic (exact) mass is 468 g/mol. The first-order valence-corrected chi connectivity index (χ1v) is 9.66. The largest absolute Gasteiger partial charge is 0.504 e. The number of ether oxygens (including phenoxy) is 5. The summed E-state index contributed by atoms with van der Waals surface area (Å²) in [5.74, 6) is -2.32. The van der Waals surface area contributed by atoms with Crippen molar-refractivity contribution in [3.8, 4) is 34.5 Å². The minimum atomic E-state index is -1.69. The van der Waals surface area contributed by atoms with Gasteiger partial charge in [0, 0.05) is 6.07 Å². The van der Waals surface area contributed by atoms with Gasteiger partial charge in [0.25, 0.3) is 0 Å². The Labute approximate surface area is 187 Å². The molecular formula is C21H24O12. The molecule has 6 N–H and O–H groups in total. The predicted molar refractivity (Wildman–Crippen MR) is 109 cm³/mol. The number of carbonyl (C=O) groups is 1. The molecule has 1 heterocycles. The zero-order valence-corrected chi connectivity index (χ0v) is 17.6. The van der Waals surface area contributed by atoms with E-state index >= 15 is 0 Å². The molecule has 0 amide bonds. The molecule has 1 saturated heterocycles. The third-order valence-electron chi connectivity index (χ3n) is 4.96. The first kappa shape index (κ1) is 24.2.